The highest BCUT2D eigenvalue weighted by molar-refractivity contribution is 6.54. The summed E-state index contributed by atoms with van der Waals surface area (Å²) in [5, 5.41) is 4.90. The molecule has 0 unspecified atom stereocenters. The van der Waals surface area contributed by atoms with E-state index in [1.165, 1.54) is 11.0 Å². The van der Waals surface area contributed by atoms with Crippen LogP contribution in [0.2, 0.25) is 0 Å². The number of aliphatic imine (C=N–C) groups is 1. The second kappa shape index (κ2) is 17.9. The Kier molecular flexibility index (Phi) is 14.7. The number of amidine groups is 1. The van der Waals surface area contributed by atoms with Crippen molar-refractivity contribution in [1.29, 1.82) is 0 Å². The Morgan fingerprint density at radius 1 is 0.957 bits per heavy atom. The molecule has 3 rings (SSSR count). The Bertz CT molecular complexity index is 1640. The Balaban J connectivity index is 0.000000456. The quantitative estimate of drug-likeness (QED) is 0.0921. The van der Waals surface area contributed by atoms with Crippen molar-refractivity contribution in [2.75, 3.05) is 11.9 Å². The molecule has 0 aliphatic carbocycles. The van der Waals surface area contributed by atoms with Gasteiger partial charge in [0.15, 0.2) is 4.84 Å². The van der Waals surface area contributed by atoms with E-state index in [1.807, 2.05) is 31.2 Å². The highest BCUT2D eigenvalue weighted by Gasteiger charge is 2.31. The number of alkyl halides is 5. The Labute approximate surface area is 282 Å². The molecule has 13 heteroatoms. The highest BCUT2D eigenvalue weighted by Crippen LogP contribution is 2.29. The zero-order chi connectivity index (χ0) is 35.3. The fraction of sp³-hybridized carbons (Fsp3) is 0.235. The number of carbonyl (C=O) groups excluding carboxylic acids is 3. The Morgan fingerprint density at radius 2 is 1.60 bits per heavy atom. The van der Waals surface area contributed by atoms with E-state index < -0.39 is 34.3 Å². The summed E-state index contributed by atoms with van der Waals surface area (Å²) in [5.74, 6) is -1.70. The van der Waals surface area contributed by atoms with Crippen LogP contribution < -0.4 is 16.4 Å². The zero-order valence-corrected chi connectivity index (χ0v) is 27.8. The molecule has 250 valence electrons. The molecule has 4 N–H and O–H groups in total. The number of nitrogens with zero attached hydrogens (tertiary/aromatic N) is 2. The van der Waals surface area contributed by atoms with Gasteiger partial charge in [-0.2, -0.15) is 13.2 Å². The van der Waals surface area contributed by atoms with Gasteiger partial charge in [-0.25, -0.2) is 4.99 Å². The van der Waals surface area contributed by atoms with Crippen LogP contribution in [-0.4, -0.2) is 39.8 Å². The van der Waals surface area contributed by atoms with Gasteiger partial charge in [0.25, 0.3) is 17.7 Å². The molecule has 3 amide bonds. The van der Waals surface area contributed by atoms with Gasteiger partial charge < -0.3 is 16.4 Å². The van der Waals surface area contributed by atoms with Crippen molar-refractivity contribution < 1.29 is 27.6 Å². The minimum Gasteiger partial charge on any atom is -0.402 e. The molecule has 0 saturated carbocycles. The van der Waals surface area contributed by atoms with Crippen LogP contribution >= 0.6 is 23.2 Å². The van der Waals surface area contributed by atoms with Crippen molar-refractivity contribution in [1.82, 2.24) is 10.2 Å². The predicted octanol–water partition coefficient (Wildman–Crippen LogP) is 7.77. The summed E-state index contributed by atoms with van der Waals surface area (Å²) in [6.07, 6.45) is -3.68. The summed E-state index contributed by atoms with van der Waals surface area (Å²) < 4.78 is 38.8. The minimum absolute atomic E-state index is 0.174. The van der Waals surface area contributed by atoms with Gasteiger partial charge in [0.05, 0.1) is 11.3 Å². The van der Waals surface area contributed by atoms with Gasteiger partial charge in [-0.1, -0.05) is 73.1 Å². The van der Waals surface area contributed by atoms with Gasteiger partial charge in [0, 0.05) is 29.1 Å². The maximum absolute atomic E-state index is 13.1. The molecular formula is C34H36Cl2F3N5O3. The largest absolute Gasteiger partial charge is 0.416 e. The molecule has 0 radical (unpaired) electrons. The van der Waals surface area contributed by atoms with Crippen LogP contribution in [0.25, 0.3) is 0 Å². The van der Waals surface area contributed by atoms with Gasteiger partial charge in [-0.05, 0) is 75.2 Å². The van der Waals surface area contributed by atoms with E-state index >= 15 is 0 Å². The van der Waals surface area contributed by atoms with E-state index in [1.54, 1.807) is 51.1 Å². The normalized spacial score (nSPS) is 11.9. The number of anilines is 1. The smallest absolute Gasteiger partial charge is 0.402 e. The van der Waals surface area contributed by atoms with Crippen molar-refractivity contribution in [2.24, 2.45) is 10.7 Å². The van der Waals surface area contributed by atoms with Gasteiger partial charge in [-0.15, -0.1) is 0 Å². The third-order valence-electron chi connectivity index (χ3n) is 6.51. The summed E-state index contributed by atoms with van der Waals surface area (Å²) in [6.45, 7) is 10.9. The van der Waals surface area contributed by atoms with E-state index in [-0.39, 0.29) is 23.6 Å². The molecule has 8 nitrogen and oxygen atoms in total. The first kappa shape index (κ1) is 38.6. The molecule has 0 aliphatic rings. The van der Waals surface area contributed by atoms with E-state index in [0.29, 0.717) is 23.0 Å². The third kappa shape index (κ3) is 11.9. The number of amides is 3. The third-order valence-corrected chi connectivity index (χ3v) is 6.91. The number of likely N-dealkylation sites (N-methyl/N-ethyl adjacent to an activating group) is 1. The number of hydrogen-bond acceptors (Lipinski definition) is 5. The summed E-state index contributed by atoms with van der Waals surface area (Å²) in [5.41, 5.74) is 7.84. The Morgan fingerprint density at radius 3 is 2.15 bits per heavy atom. The SMILES string of the molecule is C=C(NC(=O)c1cccc(C(F)(F)F)c1)C(=O)N(CC)C(=Nc1ccccc1)/C(C)=C(/C)N.CCc1cccc(NC(=O)C(Cl)Cl)c1. The number of para-hydroxylation sites is 1. The fourth-order valence-electron chi connectivity index (χ4n) is 3.87. The second-order valence-electron chi connectivity index (χ2n) is 9.98. The first-order valence-electron chi connectivity index (χ1n) is 14.3. The van der Waals surface area contributed by atoms with E-state index in [4.69, 9.17) is 28.9 Å². The van der Waals surface area contributed by atoms with Gasteiger partial charge in [0.1, 0.15) is 11.5 Å². The average Bonchev–Trinajstić information content (AvgIpc) is 3.04. The van der Waals surface area contributed by atoms with Gasteiger partial charge in [0.2, 0.25) is 0 Å². The monoisotopic (exact) mass is 689 g/mol. The molecular weight excluding hydrogens is 654 g/mol. The van der Waals surface area contributed by atoms with Crippen molar-refractivity contribution in [3.63, 3.8) is 0 Å². The van der Waals surface area contributed by atoms with Gasteiger partial charge in [-0.3, -0.25) is 19.3 Å². The van der Waals surface area contributed by atoms with E-state index in [0.717, 1.165) is 29.8 Å². The number of nitrogens with two attached hydrogens (primary N) is 1. The number of benzene rings is 3. The molecule has 0 saturated heterocycles. The highest BCUT2D eigenvalue weighted by atomic mass is 35.5. The lowest BCUT2D eigenvalue weighted by Crippen LogP contribution is -2.42. The van der Waals surface area contributed by atoms with Crippen molar-refractivity contribution >= 4 is 58.1 Å². The Hall–Kier alpha value is -4.61. The van der Waals surface area contributed by atoms with Crippen molar-refractivity contribution in [3.8, 4) is 0 Å². The number of halogens is 5. The van der Waals surface area contributed by atoms with Crippen LogP contribution in [0.5, 0.6) is 0 Å². The van der Waals surface area contributed by atoms with E-state index in [2.05, 4.69) is 22.2 Å². The number of nitrogens with one attached hydrogen (secondary N) is 2. The standard InChI is InChI=1S/C24H25F3N4O2.C10H11Cl2NO/c1-5-31(21(15(2)16(3)28)30-20-12-7-6-8-13-20)23(33)17(4)29-22(32)18-10-9-11-19(14-18)24(25,26)27;1-2-7-4-3-5-8(6-7)13-10(14)9(11)12/h6-14H,4-5,28H2,1-3H3,(H,29,32);3-6,9H,2H2,1H3,(H,13,14)/b16-15-,30-21?;. The first-order chi connectivity index (χ1) is 22.1. The lowest BCUT2D eigenvalue weighted by molar-refractivity contribution is -0.137. The number of hydrogen-bond donors (Lipinski definition) is 3. The maximum Gasteiger partial charge on any atom is 0.416 e. The predicted molar refractivity (Wildman–Crippen MR) is 181 cm³/mol. The first-order valence-corrected chi connectivity index (χ1v) is 15.2. The molecule has 0 aromatic heterocycles. The number of aryl methyl sites for hydroxylation is 1. The summed E-state index contributed by atoms with van der Waals surface area (Å²) >= 11 is 10.8. The van der Waals surface area contributed by atoms with Crippen LogP contribution in [-0.2, 0) is 22.2 Å². The lowest BCUT2D eigenvalue weighted by Gasteiger charge is -2.25. The average molecular weight is 691 g/mol. The molecule has 47 heavy (non-hydrogen) atoms. The minimum atomic E-state index is -4.60. The maximum atomic E-state index is 13.1. The molecule has 0 heterocycles. The number of allylic oxidation sites excluding steroid dienone is 1. The molecule has 0 aliphatic heterocycles. The molecule has 3 aromatic rings. The summed E-state index contributed by atoms with van der Waals surface area (Å²) in [7, 11) is 0. The topological polar surface area (TPSA) is 117 Å². The fourth-order valence-corrected chi connectivity index (χ4v) is 3.97. The van der Waals surface area contributed by atoms with E-state index in [9.17, 15) is 27.6 Å². The number of rotatable bonds is 9. The summed E-state index contributed by atoms with van der Waals surface area (Å²) in [4.78, 5) is 41.5. The second-order valence-corrected chi connectivity index (χ2v) is 11.1. The van der Waals surface area contributed by atoms with Crippen molar-refractivity contribution in [2.45, 2.75) is 45.1 Å². The number of carbonyl (C=O) groups is 3. The van der Waals surface area contributed by atoms with Gasteiger partial charge >= 0.3 is 6.18 Å². The zero-order valence-electron chi connectivity index (χ0n) is 26.3. The molecule has 0 bridgehead atoms. The van der Waals surface area contributed by atoms with Crippen LogP contribution in [0.3, 0.4) is 0 Å². The lowest BCUT2D eigenvalue weighted by atomic mass is 10.1. The molecule has 3 aromatic carbocycles. The molecule has 0 spiro atoms. The van der Waals surface area contributed by atoms with Crippen LogP contribution in [0.4, 0.5) is 24.5 Å². The van der Waals surface area contributed by atoms with Crippen LogP contribution in [0.15, 0.2) is 107 Å². The van der Waals surface area contributed by atoms with Crippen LogP contribution in [0.1, 0.15) is 49.2 Å². The summed E-state index contributed by atoms with van der Waals surface area (Å²) in [6, 6.07) is 20.4. The van der Waals surface area contributed by atoms with Crippen molar-refractivity contribution in [3.05, 3.63) is 119 Å². The molecule has 0 atom stereocenters. The van der Waals surface area contributed by atoms with Crippen LogP contribution in [0, 0.1) is 0 Å². The molecule has 0 fully saturated rings.